The summed E-state index contributed by atoms with van der Waals surface area (Å²) in [6.07, 6.45) is 7.12. The van der Waals surface area contributed by atoms with Gasteiger partial charge in [0.25, 0.3) is 0 Å². The Morgan fingerprint density at radius 2 is 2.17 bits per heavy atom. The second kappa shape index (κ2) is 7.06. The van der Waals surface area contributed by atoms with Gasteiger partial charge in [0.15, 0.2) is 0 Å². The molecule has 2 amide bonds. The topological polar surface area (TPSA) is 111 Å². The molecule has 1 aliphatic carbocycles. The largest absolute Gasteiger partial charge is 0.356 e. The van der Waals surface area contributed by atoms with Crippen LogP contribution >= 0.6 is 11.9 Å². The van der Waals surface area contributed by atoms with Gasteiger partial charge in [-0.25, -0.2) is 19.8 Å². The predicted molar refractivity (Wildman–Crippen MR) is 111 cm³/mol. The van der Waals surface area contributed by atoms with E-state index in [2.05, 4.69) is 41.9 Å². The number of carbonyl (C=O) groups is 1. The van der Waals surface area contributed by atoms with Gasteiger partial charge in [0, 0.05) is 51.4 Å². The molecular formula is C18H24N8O2S. The highest BCUT2D eigenvalue weighted by atomic mass is 32.2. The fourth-order valence-corrected chi connectivity index (χ4v) is 5.32. The summed E-state index contributed by atoms with van der Waals surface area (Å²) in [6.45, 7) is 1.51. The van der Waals surface area contributed by atoms with Gasteiger partial charge in [-0.2, -0.15) is 0 Å². The van der Waals surface area contributed by atoms with E-state index in [0.29, 0.717) is 17.9 Å². The molecule has 29 heavy (non-hydrogen) atoms. The van der Waals surface area contributed by atoms with Crippen molar-refractivity contribution in [2.24, 2.45) is 16.8 Å². The number of anilines is 1. The summed E-state index contributed by atoms with van der Waals surface area (Å²) in [5, 5.41) is 2.85. The molecule has 1 saturated heterocycles. The summed E-state index contributed by atoms with van der Waals surface area (Å²) in [7, 11) is 3.64. The molecule has 4 atom stereocenters. The molecule has 3 aliphatic rings. The van der Waals surface area contributed by atoms with Crippen LogP contribution in [0.5, 0.6) is 0 Å². The standard InChI is InChI=1S/C18H24N8O2S/c1-25(16-14-3-4-19-15(14)20-9-21-16)13-5-11-7-26(8-12(11)6-13)17(27)24-18(28-2)22-10-23-29-18/h3-4,9-13H,5-8H2,1-2H3,(H,22,23)(H,24,27)(H,19,20,21)/t11-,12+,13?,18?. The molecule has 2 aromatic rings. The number of rotatable bonds is 4. The molecule has 2 aromatic heterocycles. The molecule has 1 saturated carbocycles. The molecular weight excluding hydrogens is 392 g/mol. The first kappa shape index (κ1) is 18.5. The van der Waals surface area contributed by atoms with Gasteiger partial charge in [-0.3, -0.25) is 5.32 Å². The second-order valence-corrected chi connectivity index (χ2v) is 8.79. The Morgan fingerprint density at radius 1 is 1.38 bits per heavy atom. The maximum Gasteiger partial charge on any atom is 0.321 e. The molecule has 2 unspecified atom stereocenters. The average Bonchev–Trinajstić information content (AvgIpc) is 3.49. The lowest BCUT2D eigenvalue weighted by Crippen LogP contribution is -2.50. The minimum atomic E-state index is -1.08. The zero-order valence-electron chi connectivity index (χ0n) is 16.3. The van der Waals surface area contributed by atoms with Gasteiger partial charge in [0.2, 0.25) is 0 Å². The first-order valence-electron chi connectivity index (χ1n) is 9.69. The number of amides is 2. The van der Waals surface area contributed by atoms with Crippen molar-refractivity contribution < 1.29 is 9.53 Å². The maximum absolute atomic E-state index is 12.7. The lowest BCUT2D eigenvalue weighted by molar-refractivity contribution is 0.0549. The van der Waals surface area contributed by atoms with Crippen molar-refractivity contribution in [1.82, 2.24) is 29.9 Å². The Kier molecular flexibility index (Phi) is 4.50. The number of aromatic nitrogens is 3. The number of fused-ring (bicyclic) bond motifs is 2. The first-order chi connectivity index (χ1) is 14.1. The van der Waals surface area contributed by atoms with Crippen LogP contribution in [0, 0.1) is 11.8 Å². The molecule has 0 aromatic carbocycles. The van der Waals surface area contributed by atoms with Gasteiger partial charge in [-0.1, -0.05) is 0 Å². The fourth-order valence-electron chi connectivity index (χ4n) is 4.72. The van der Waals surface area contributed by atoms with Crippen molar-refractivity contribution in [1.29, 1.82) is 0 Å². The quantitative estimate of drug-likeness (QED) is 0.510. The number of nitrogens with one attached hydrogen (secondary N) is 3. The van der Waals surface area contributed by atoms with E-state index in [1.165, 1.54) is 25.4 Å². The monoisotopic (exact) mass is 416 g/mol. The van der Waals surface area contributed by atoms with E-state index in [1.54, 1.807) is 6.33 Å². The molecule has 0 spiro atoms. The summed E-state index contributed by atoms with van der Waals surface area (Å²) in [5.74, 6) is 1.95. The van der Waals surface area contributed by atoms with Crippen LogP contribution in [0.25, 0.3) is 11.0 Å². The van der Waals surface area contributed by atoms with Crippen molar-refractivity contribution in [2.45, 2.75) is 24.1 Å². The minimum absolute atomic E-state index is 0.135. The highest BCUT2D eigenvalue weighted by Gasteiger charge is 2.45. The molecule has 3 N–H and O–H groups in total. The van der Waals surface area contributed by atoms with Crippen LogP contribution in [0.2, 0.25) is 0 Å². The third-order valence-corrected chi connectivity index (χ3v) is 7.13. The van der Waals surface area contributed by atoms with E-state index in [4.69, 9.17) is 4.74 Å². The zero-order valence-corrected chi connectivity index (χ0v) is 17.1. The third kappa shape index (κ3) is 3.18. The summed E-state index contributed by atoms with van der Waals surface area (Å²) in [4.78, 5) is 33.0. The number of nitrogens with zero attached hydrogens (tertiary/aromatic N) is 5. The highest BCUT2D eigenvalue weighted by molar-refractivity contribution is 7.99. The Morgan fingerprint density at radius 3 is 2.86 bits per heavy atom. The highest BCUT2D eigenvalue weighted by Crippen LogP contribution is 2.41. The lowest BCUT2D eigenvalue weighted by Gasteiger charge is -2.29. The number of methoxy groups -OCH3 is 1. The predicted octanol–water partition coefficient (Wildman–Crippen LogP) is 1.35. The van der Waals surface area contributed by atoms with Gasteiger partial charge >= 0.3 is 11.2 Å². The minimum Gasteiger partial charge on any atom is -0.356 e. The number of aliphatic imine (C=N–C) groups is 1. The van der Waals surface area contributed by atoms with Crippen LogP contribution in [0.15, 0.2) is 23.6 Å². The fraction of sp³-hybridized carbons (Fsp3) is 0.556. The summed E-state index contributed by atoms with van der Waals surface area (Å²) < 4.78 is 8.26. The van der Waals surface area contributed by atoms with E-state index < -0.39 is 5.18 Å². The van der Waals surface area contributed by atoms with Gasteiger partial charge in [-0.05, 0) is 30.7 Å². The number of carbonyl (C=O) groups excluding carboxylic acids is 1. The average molecular weight is 417 g/mol. The normalized spacial score (nSPS) is 30.6. The lowest BCUT2D eigenvalue weighted by atomic mass is 10.0. The number of H-pyrrole nitrogens is 1. The molecule has 154 valence electrons. The summed E-state index contributed by atoms with van der Waals surface area (Å²) in [5.41, 5.74) is 0.858. The summed E-state index contributed by atoms with van der Waals surface area (Å²) in [6, 6.07) is 2.30. The Hall–Kier alpha value is -2.53. The van der Waals surface area contributed by atoms with E-state index >= 15 is 0 Å². The van der Waals surface area contributed by atoms with Crippen molar-refractivity contribution in [3.63, 3.8) is 0 Å². The number of hydrogen-bond donors (Lipinski definition) is 3. The van der Waals surface area contributed by atoms with Crippen LogP contribution < -0.4 is 14.9 Å². The van der Waals surface area contributed by atoms with E-state index in [9.17, 15) is 4.79 Å². The smallest absolute Gasteiger partial charge is 0.321 e. The molecule has 5 rings (SSSR count). The molecule has 11 heteroatoms. The van der Waals surface area contributed by atoms with Crippen LogP contribution in [0.3, 0.4) is 0 Å². The van der Waals surface area contributed by atoms with E-state index in [0.717, 1.165) is 42.8 Å². The Balaban J connectivity index is 1.22. The van der Waals surface area contributed by atoms with Gasteiger partial charge in [0.1, 0.15) is 17.8 Å². The van der Waals surface area contributed by atoms with Crippen LogP contribution in [0.1, 0.15) is 12.8 Å². The molecule has 2 aliphatic heterocycles. The van der Waals surface area contributed by atoms with Crippen LogP contribution in [0.4, 0.5) is 10.6 Å². The van der Waals surface area contributed by atoms with Gasteiger partial charge < -0.3 is 24.2 Å². The number of hydrogen-bond acceptors (Lipinski definition) is 8. The molecule has 10 nitrogen and oxygen atoms in total. The Bertz CT molecular complexity index is 937. The molecule has 0 radical (unpaired) electrons. The van der Waals surface area contributed by atoms with Crippen molar-refractivity contribution in [3.05, 3.63) is 18.6 Å². The van der Waals surface area contributed by atoms with Gasteiger partial charge in [0.05, 0.1) is 11.7 Å². The van der Waals surface area contributed by atoms with E-state index in [-0.39, 0.29) is 6.03 Å². The molecule has 2 fully saturated rings. The van der Waals surface area contributed by atoms with Crippen molar-refractivity contribution in [3.8, 4) is 0 Å². The van der Waals surface area contributed by atoms with Crippen LogP contribution in [-0.2, 0) is 4.74 Å². The summed E-state index contributed by atoms with van der Waals surface area (Å²) >= 11 is 1.23. The molecule has 4 heterocycles. The molecule has 0 bridgehead atoms. The zero-order chi connectivity index (χ0) is 20.0. The number of urea groups is 1. The number of likely N-dealkylation sites (tertiary alicyclic amines) is 1. The maximum atomic E-state index is 12.7. The van der Waals surface area contributed by atoms with Crippen LogP contribution in [-0.4, -0.2) is 70.7 Å². The van der Waals surface area contributed by atoms with E-state index in [1.807, 2.05) is 17.2 Å². The van der Waals surface area contributed by atoms with Crippen molar-refractivity contribution >= 4 is 41.2 Å². The first-order valence-corrected chi connectivity index (χ1v) is 10.5. The number of ether oxygens (including phenoxy) is 1. The van der Waals surface area contributed by atoms with Crippen molar-refractivity contribution in [2.75, 3.05) is 32.1 Å². The number of aromatic amines is 1. The second-order valence-electron chi connectivity index (χ2n) is 7.79. The van der Waals surface area contributed by atoms with Gasteiger partial charge in [-0.15, -0.1) is 0 Å². The Labute approximate surface area is 172 Å². The SMILES string of the molecule is COC1(NC(=O)N2C[C@H]3CC(N(C)c4ncnc5[nH]ccc45)C[C@H]3C2)N=CNS1. The third-order valence-electron chi connectivity index (χ3n) is 6.25.